The molecule has 0 saturated carbocycles. The van der Waals surface area contributed by atoms with Crippen molar-refractivity contribution in [3.63, 3.8) is 0 Å². The molecule has 0 aliphatic heterocycles. The topological polar surface area (TPSA) is 104 Å². The summed E-state index contributed by atoms with van der Waals surface area (Å²) in [6.45, 7) is 1.70. The number of carbonyl (C=O) groups is 2. The monoisotopic (exact) mass is 319 g/mol. The van der Waals surface area contributed by atoms with Gasteiger partial charge in [0, 0.05) is 11.4 Å². The molecule has 0 unspecified atom stereocenters. The summed E-state index contributed by atoms with van der Waals surface area (Å²) in [5.41, 5.74) is 7.36. The Morgan fingerprint density at radius 2 is 1.64 bits per heavy atom. The van der Waals surface area contributed by atoms with Crippen molar-refractivity contribution in [2.45, 2.75) is 6.92 Å². The number of aromatic hydroxyl groups is 1. The lowest BCUT2D eigenvalue weighted by molar-refractivity contribution is -0.133. The first-order valence-corrected chi connectivity index (χ1v) is 6.71. The number of carbonyl (C=O) groups excluding carboxylic acids is 2. The smallest absolute Gasteiger partial charge is 0.314 e. The molecular weight excluding hydrogens is 306 g/mol. The van der Waals surface area contributed by atoms with Crippen LogP contribution >= 0.6 is 11.6 Å². The summed E-state index contributed by atoms with van der Waals surface area (Å²) >= 11 is 5.93. The van der Waals surface area contributed by atoms with E-state index in [2.05, 4.69) is 10.6 Å². The van der Waals surface area contributed by atoms with Gasteiger partial charge in [-0.1, -0.05) is 11.6 Å². The van der Waals surface area contributed by atoms with E-state index in [9.17, 15) is 14.7 Å². The molecule has 2 amide bonds. The first-order chi connectivity index (χ1) is 10.4. The number of phenols is 1. The molecule has 2 rings (SSSR count). The Morgan fingerprint density at radius 1 is 1.05 bits per heavy atom. The molecule has 0 heterocycles. The number of nitrogens with two attached hydrogens (primary N) is 1. The van der Waals surface area contributed by atoms with E-state index < -0.39 is 11.8 Å². The second-order valence-electron chi connectivity index (χ2n) is 4.65. The van der Waals surface area contributed by atoms with Gasteiger partial charge in [0.2, 0.25) is 0 Å². The Balaban J connectivity index is 2.07. The number of aryl methyl sites for hydroxylation is 1. The van der Waals surface area contributed by atoms with Gasteiger partial charge in [-0.2, -0.15) is 0 Å². The number of hydrogen-bond acceptors (Lipinski definition) is 4. The third-order valence-electron chi connectivity index (χ3n) is 2.91. The fourth-order valence-electron chi connectivity index (χ4n) is 1.78. The van der Waals surface area contributed by atoms with E-state index in [1.807, 2.05) is 0 Å². The molecule has 114 valence electrons. The SMILES string of the molecule is Cc1cc(O)ccc1NC(=O)C(=O)Nc1ccc(N)cc1Cl. The molecule has 0 aliphatic rings. The van der Waals surface area contributed by atoms with Crippen molar-refractivity contribution in [2.24, 2.45) is 0 Å². The molecule has 2 aromatic carbocycles. The first-order valence-electron chi connectivity index (χ1n) is 6.34. The van der Waals surface area contributed by atoms with Crippen LogP contribution in [0.25, 0.3) is 0 Å². The lowest BCUT2D eigenvalue weighted by Gasteiger charge is -2.10. The van der Waals surface area contributed by atoms with Gasteiger partial charge in [-0.3, -0.25) is 9.59 Å². The Labute approximate surface area is 131 Å². The van der Waals surface area contributed by atoms with Crippen LogP contribution in [-0.2, 0) is 9.59 Å². The van der Waals surface area contributed by atoms with Gasteiger partial charge in [-0.15, -0.1) is 0 Å². The highest BCUT2D eigenvalue weighted by molar-refractivity contribution is 6.44. The molecule has 22 heavy (non-hydrogen) atoms. The molecule has 0 atom stereocenters. The van der Waals surface area contributed by atoms with Crippen molar-refractivity contribution < 1.29 is 14.7 Å². The van der Waals surface area contributed by atoms with Crippen LogP contribution in [0.1, 0.15) is 5.56 Å². The van der Waals surface area contributed by atoms with E-state index in [4.69, 9.17) is 17.3 Å². The molecular formula is C15H14ClN3O3. The lowest BCUT2D eigenvalue weighted by atomic mass is 10.2. The van der Waals surface area contributed by atoms with Crippen molar-refractivity contribution in [2.75, 3.05) is 16.4 Å². The van der Waals surface area contributed by atoms with E-state index in [-0.39, 0.29) is 10.8 Å². The van der Waals surface area contributed by atoms with Gasteiger partial charge in [0.15, 0.2) is 0 Å². The molecule has 0 saturated heterocycles. The van der Waals surface area contributed by atoms with Gasteiger partial charge in [0.25, 0.3) is 0 Å². The minimum atomic E-state index is -0.862. The van der Waals surface area contributed by atoms with Crippen molar-refractivity contribution in [1.29, 1.82) is 0 Å². The summed E-state index contributed by atoms with van der Waals surface area (Å²) in [6.07, 6.45) is 0. The van der Waals surface area contributed by atoms with Crippen LogP contribution in [0.15, 0.2) is 36.4 Å². The normalized spacial score (nSPS) is 10.1. The van der Waals surface area contributed by atoms with Crippen LogP contribution < -0.4 is 16.4 Å². The molecule has 0 radical (unpaired) electrons. The highest BCUT2D eigenvalue weighted by Gasteiger charge is 2.16. The standard InChI is InChI=1S/C15H14ClN3O3/c1-8-6-10(20)3-5-12(8)18-14(21)15(22)19-13-4-2-9(17)7-11(13)16/h2-7,20H,17H2,1H3,(H,18,21)(H,19,22). The molecule has 7 heteroatoms. The van der Waals surface area contributed by atoms with E-state index >= 15 is 0 Å². The molecule has 2 aromatic rings. The van der Waals surface area contributed by atoms with Crippen molar-refractivity contribution in [3.8, 4) is 5.75 Å². The first kappa shape index (κ1) is 15.7. The van der Waals surface area contributed by atoms with E-state index in [0.717, 1.165) is 0 Å². The summed E-state index contributed by atoms with van der Waals surface area (Å²) in [5, 5.41) is 14.4. The van der Waals surface area contributed by atoms with Crippen molar-refractivity contribution in [3.05, 3.63) is 47.0 Å². The molecule has 5 N–H and O–H groups in total. The lowest BCUT2D eigenvalue weighted by Crippen LogP contribution is -2.29. The highest BCUT2D eigenvalue weighted by atomic mass is 35.5. The zero-order valence-electron chi connectivity index (χ0n) is 11.7. The number of phenolic OH excluding ortho intramolecular Hbond substituents is 1. The number of amides is 2. The van der Waals surface area contributed by atoms with Crippen LogP contribution in [0.2, 0.25) is 5.02 Å². The molecule has 0 aromatic heterocycles. The predicted molar refractivity (Wildman–Crippen MR) is 86.0 cm³/mol. The van der Waals surface area contributed by atoms with E-state index in [1.165, 1.54) is 30.3 Å². The molecule has 0 aliphatic carbocycles. The maximum absolute atomic E-state index is 11.9. The zero-order valence-corrected chi connectivity index (χ0v) is 12.4. The average Bonchev–Trinajstić information content (AvgIpc) is 2.44. The Kier molecular flexibility index (Phi) is 4.53. The highest BCUT2D eigenvalue weighted by Crippen LogP contribution is 2.24. The van der Waals surface area contributed by atoms with Crippen LogP contribution in [0.3, 0.4) is 0 Å². The molecule has 0 fully saturated rings. The summed E-state index contributed by atoms with van der Waals surface area (Å²) in [7, 11) is 0. The number of benzene rings is 2. The van der Waals surface area contributed by atoms with E-state index in [0.29, 0.717) is 22.6 Å². The average molecular weight is 320 g/mol. The summed E-state index contributed by atoms with van der Waals surface area (Å²) in [6, 6.07) is 8.94. The number of rotatable bonds is 2. The van der Waals surface area contributed by atoms with Crippen molar-refractivity contribution in [1.82, 2.24) is 0 Å². The predicted octanol–water partition coefficient (Wildman–Crippen LogP) is 2.51. The fraction of sp³-hybridized carbons (Fsp3) is 0.0667. The third kappa shape index (κ3) is 3.67. The molecule has 0 spiro atoms. The number of hydrogen-bond donors (Lipinski definition) is 4. The Bertz CT molecular complexity index is 683. The summed E-state index contributed by atoms with van der Waals surface area (Å²) in [4.78, 5) is 23.7. The summed E-state index contributed by atoms with van der Waals surface area (Å²) < 4.78 is 0. The van der Waals surface area contributed by atoms with Gasteiger partial charge in [0.05, 0.1) is 10.7 Å². The van der Waals surface area contributed by atoms with Gasteiger partial charge in [-0.25, -0.2) is 0 Å². The minimum absolute atomic E-state index is 0.0774. The summed E-state index contributed by atoms with van der Waals surface area (Å²) in [5.74, 6) is -1.63. The maximum atomic E-state index is 11.9. The van der Waals surface area contributed by atoms with Crippen LogP contribution in [0.4, 0.5) is 17.1 Å². The van der Waals surface area contributed by atoms with Crippen LogP contribution in [0, 0.1) is 6.92 Å². The molecule has 6 nitrogen and oxygen atoms in total. The van der Waals surface area contributed by atoms with Gasteiger partial charge < -0.3 is 21.5 Å². The van der Waals surface area contributed by atoms with Gasteiger partial charge in [-0.05, 0) is 48.9 Å². The number of nitrogen functional groups attached to an aromatic ring is 1. The zero-order chi connectivity index (χ0) is 16.3. The van der Waals surface area contributed by atoms with Gasteiger partial charge in [0.1, 0.15) is 5.75 Å². The van der Waals surface area contributed by atoms with Crippen LogP contribution in [0.5, 0.6) is 5.75 Å². The van der Waals surface area contributed by atoms with E-state index in [1.54, 1.807) is 13.0 Å². The largest absolute Gasteiger partial charge is 0.508 e. The number of nitrogens with one attached hydrogen (secondary N) is 2. The molecule has 0 bridgehead atoms. The minimum Gasteiger partial charge on any atom is -0.508 e. The second kappa shape index (κ2) is 6.36. The second-order valence-corrected chi connectivity index (χ2v) is 5.05. The number of halogens is 1. The fourth-order valence-corrected chi connectivity index (χ4v) is 2.02. The Hall–Kier alpha value is -2.73. The van der Waals surface area contributed by atoms with Gasteiger partial charge >= 0.3 is 11.8 Å². The number of anilines is 3. The quantitative estimate of drug-likeness (QED) is 0.388. The van der Waals surface area contributed by atoms with Crippen LogP contribution in [-0.4, -0.2) is 16.9 Å². The third-order valence-corrected chi connectivity index (χ3v) is 3.22. The maximum Gasteiger partial charge on any atom is 0.314 e. The van der Waals surface area contributed by atoms with Crippen molar-refractivity contribution >= 4 is 40.5 Å². The Morgan fingerprint density at radius 3 is 2.23 bits per heavy atom.